The Bertz CT molecular complexity index is 1280. The first-order chi connectivity index (χ1) is 31.6. The molecule has 0 spiro atoms. The third kappa shape index (κ3) is 51.2. The average molecular weight is 887 g/mol. The van der Waals surface area contributed by atoms with Crippen molar-refractivity contribution in [3.8, 4) is 0 Å². The Labute approximate surface area is 395 Å². The van der Waals surface area contributed by atoms with Crippen LogP contribution in [0.1, 0.15) is 226 Å². The van der Waals surface area contributed by atoms with E-state index in [2.05, 4.69) is 130 Å². The molecule has 0 aromatic heterocycles. The lowest BCUT2D eigenvalue weighted by Gasteiger charge is -2.18. The highest BCUT2D eigenvalue weighted by Crippen LogP contribution is 2.13. The Hall–Kier alpha value is -3.44. The Morgan fingerprint density at radius 3 is 1.14 bits per heavy atom. The van der Waals surface area contributed by atoms with Gasteiger partial charge in [-0.1, -0.05) is 207 Å². The molecule has 0 aromatic carbocycles. The zero-order valence-corrected chi connectivity index (χ0v) is 41.8. The molecular formula is C59H98O5. The van der Waals surface area contributed by atoms with Gasteiger partial charge in [-0.3, -0.25) is 9.59 Å². The summed E-state index contributed by atoms with van der Waals surface area (Å²) in [6.45, 7) is 7.49. The SMILES string of the molecule is CC/C=C\C/C=C\C/C=C\C/C=C\CCCCCCCCC(=O)OCC(COCCCCCCC/C=C\C/C=C\C/C=C\C/C=C\CC)OC(=O)CCCCCCC/C=C\CCCC. The summed E-state index contributed by atoms with van der Waals surface area (Å²) in [6.07, 6.45) is 73.8. The van der Waals surface area contributed by atoms with E-state index in [-0.39, 0.29) is 25.2 Å². The van der Waals surface area contributed by atoms with Crippen LogP contribution in [0.4, 0.5) is 0 Å². The number of hydrogen-bond acceptors (Lipinski definition) is 5. The number of unbranched alkanes of at least 4 members (excludes halogenated alkanes) is 18. The highest BCUT2D eigenvalue weighted by molar-refractivity contribution is 5.70. The van der Waals surface area contributed by atoms with Crippen LogP contribution in [0.2, 0.25) is 0 Å². The second-order valence-corrected chi connectivity index (χ2v) is 17.0. The fraction of sp³-hybridized carbons (Fsp3) is 0.661. The third-order valence-corrected chi connectivity index (χ3v) is 10.8. The third-order valence-electron chi connectivity index (χ3n) is 10.8. The molecule has 1 atom stereocenters. The molecular weight excluding hydrogens is 789 g/mol. The second-order valence-electron chi connectivity index (χ2n) is 17.0. The van der Waals surface area contributed by atoms with Crippen LogP contribution in [0.3, 0.4) is 0 Å². The zero-order chi connectivity index (χ0) is 46.3. The maximum Gasteiger partial charge on any atom is 0.306 e. The molecule has 0 radical (unpaired) electrons. The molecule has 0 saturated carbocycles. The first kappa shape index (κ1) is 60.6. The largest absolute Gasteiger partial charge is 0.462 e. The van der Waals surface area contributed by atoms with Crippen LogP contribution in [-0.2, 0) is 23.8 Å². The lowest BCUT2D eigenvalue weighted by molar-refractivity contribution is -0.163. The molecule has 0 fully saturated rings. The lowest BCUT2D eigenvalue weighted by Crippen LogP contribution is -2.30. The average Bonchev–Trinajstić information content (AvgIpc) is 3.30. The molecule has 1 unspecified atom stereocenters. The standard InChI is InChI=1S/C59H98O5/c1-4-7-10-13-16-19-22-24-26-28-30-31-33-35-38-40-43-46-49-52-58(60)63-56-57(64-59(61)53-50-47-44-41-37-21-18-15-12-9-6-3)55-62-54-51-48-45-42-39-36-34-32-29-27-25-23-20-17-14-11-8-5-2/h7-8,10-11,15-20,24-27,30-32,34,57H,4-6,9,12-14,21-23,28-29,33,35-56H2,1-3H3/b10-7-,11-8-,18-15-,19-16-,20-17-,26-24-,27-25-,31-30-,34-32-. The van der Waals surface area contributed by atoms with E-state index in [1.54, 1.807) is 0 Å². The quantitative estimate of drug-likeness (QED) is 0.0346. The lowest BCUT2D eigenvalue weighted by atomic mass is 10.1. The number of allylic oxidation sites excluding steroid dienone is 18. The van der Waals surface area contributed by atoms with Gasteiger partial charge in [0.15, 0.2) is 6.10 Å². The first-order valence-electron chi connectivity index (χ1n) is 26.4. The maximum atomic E-state index is 12.8. The molecule has 0 aliphatic carbocycles. The summed E-state index contributed by atoms with van der Waals surface area (Å²) in [6, 6.07) is 0. The normalized spacial score (nSPS) is 13.1. The molecule has 0 amide bonds. The van der Waals surface area contributed by atoms with Crippen molar-refractivity contribution in [2.45, 2.75) is 232 Å². The number of ether oxygens (including phenoxy) is 3. The molecule has 364 valence electrons. The first-order valence-corrected chi connectivity index (χ1v) is 26.4. The van der Waals surface area contributed by atoms with Gasteiger partial charge in [-0.2, -0.15) is 0 Å². The van der Waals surface area contributed by atoms with Gasteiger partial charge >= 0.3 is 11.9 Å². The minimum Gasteiger partial charge on any atom is -0.462 e. The molecule has 0 bridgehead atoms. The molecule has 5 heteroatoms. The summed E-state index contributed by atoms with van der Waals surface area (Å²) in [5.41, 5.74) is 0. The van der Waals surface area contributed by atoms with Crippen molar-refractivity contribution in [2.24, 2.45) is 0 Å². The Morgan fingerprint density at radius 2 is 0.703 bits per heavy atom. The van der Waals surface area contributed by atoms with Gasteiger partial charge in [0.1, 0.15) is 6.61 Å². The van der Waals surface area contributed by atoms with Crippen molar-refractivity contribution in [3.63, 3.8) is 0 Å². The summed E-state index contributed by atoms with van der Waals surface area (Å²) in [5.74, 6) is -0.440. The number of esters is 2. The van der Waals surface area contributed by atoms with E-state index < -0.39 is 6.10 Å². The van der Waals surface area contributed by atoms with Crippen LogP contribution in [0.5, 0.6) is 0 Å². The summed E-state index contributed by atoms with van der Waals surface area (Å²) < 4.78 is 17.4. The van der Waals surface area contributed by atoms with E-state index in [9.17, 15) is 9.59 Å². The van der Waals surface area contributed by atoms with Gasteiger partial charge in [0.25, 0.3) is 0 Å². The van der Waals surface area contributed by atoms with Crippen LogP contribution >= 0.6 is 0 Å². The van der Waals surface area contributed by atoms with Gasteiger partial charge in [-0.25, -0.2) is 0 Å². The van der Waals surface area contributed by atoms with Crippen LogP contribution in [0.25, 0.3) is 0 Å². The summed E-state index contributed by atoms with van der Waals surface area (Å²) >= 11 is 0. The van der Waals surface area contributed by atoms with Gasteiger partial charge in [0, 0.05) is 19.4 Å². The van der Waals surface area contributed by atoms with Crippen LogP contribution in [-0.4, -0.2) is 37.9 Å². The van der Waals surface area contributed by atoms with Gasteiger partial charge in [-0.15, -0.1) is 0 Å². The van der Waals surface area contributed by atoms with Gasteiger partial charge in [-0.05, 0) is 116 Å². The molecule has 0 aliphatic rings. The number of carbonyl (C=O) groups excluding carboxylic acids is 2. The predicted molar refractivity (Wildman–Crippen MR) is 279 cm³/mol. The minimum absolute atomic E-state index is 0.0605. The van der Waals surface area contributed by atoms with E-state index in [1.165, 1.54) is 70.6 Å². The van der Waals surface area contributed by atoms with E-state index in [4.69, 9.17) is 14.2 Å². The van der Waals surface area contributed by atoms with E-state index >= 15 is 0 Å². The molecule has 0 N–H and O–H groups in total. The molecule has 0 saturated heterocycles. The molecule has 0 heterocycles. The Kier molecular flexibility index (Phi) is 51.0. The van der Waals surface area contributed by atoms with E-state index in [1.807, 2.05) is 0 Å². The fourth-order valence-corrected chi connectivity index (χ4v) is 6.88. The molecule has 5 nitrogen and oxygen atoms in total. The van der Waals surface area contributed by atoms with Crippen LogP contribution in [0.15, 0.2) is 109 Å². The number of rotatable bonds is 47. The van der Waals surface area contributed by atoms with Crippen molar-refractivity contribution in [1.82, 2.24) is 0 Å². The molecule has 0 rings (SSSR count). The van der Waals surface area contributed by atoms with Gasteiger partial charge in [0.2, 0.25) is 0 Å². The molecule has 0 aliphatic heterocycles. The number of hydrogen-bond donors (Lipinski definition) is 0. The van der Waals surface area contributed by atoms with Gasteiger partial charge < -0.3 is 14.2 Å². The summed E-state index contributed by atoms with van der Waals surface area (Å²) in [4.78, 5) is 25.4. The fourth-order valence-electron chi connectivity index (χ4n) is 6.88. The zero-order valence-electron chi connectivity index (χ0n) is 41.8. The highest BCUT2D eigenvalue weighted by Gasteiger charge is 2.17. The molecule has 0 aromatic rings. The highest BCUT2D eigenvalue weighted by atomic mass is 16.6. The topological polar surface area (TPSA) is 61.8 Å². The van der Waals surface area contributed by atoms with Crippen molar-refractivity contribution in [3.05, 3.63) is 109 Å². The molecule has 64 heavy (non-hydrogen) atoms. The second kappa shape index (κ2) is 53.9. The van der Waals surface area contributed by atoms with Crippen molar-refractivity contribution in [2.75, 3.05) is 19.8 Å². The monoisotopic (exact) mass is 887 g/mol. The van der Waals surface area contributed by atoms with Crippen molar-refractivity contribution in [1.29, 1.82) is 0 Å². The van der Waals surface area contributed by atoms with E-state index in [0.717, 1.165) is 122 Å². The Morgan fingerprint density at radius 1 is 0.359 bits per heavy atom. The summed E-state index contributed by atoms with van der Waals surface area (Å²) in [7, 11) is 0. The van der Waals surface area contributed by atoms with Gasteiger partial charge in [0.05, 0.1) is 6.61 Å². The van der Waals surface area contributed by atoms with E-state index in [0.29, 0.717) is 19.4 Å². The smallest absolute Gasteiger partial charge is 0.306 e. The minimum atomic E-state index is -0.563. The van der Waals surface area contributed by atoms with Crippen molar-refractivity contribution < 1.29 is 23.8 Å². The summed E-state index contributed by atoms with van der Waals surface area (Å²) in [5, 5.41) is 0. The Balaban J connectivity index is 4.32. The predicted octanol–water partition coefficient (Wildman–Crippen LogP) is 18.0. The number of carbonyl (C=O) groups is 2. The van der Waals surface area contributed by atoms with Crippen LogP contribution < -0.4 is 0 Å². The van der Waals surface area contributed by atoms with Crippen LogP contribution in [0, 0.1) is 0 Å². The van der Waals surface area contributed by atoms with Crippen molar-refractivity contribution >= 4 is 11.9 Å². The maximum absolute atomic E-state index is 12.8.